The molecule has 6 unspecified atom stereocenters. The van der Waals surface area contributed by atoms with Crippen molar-refractivity contribution in [3.05, 3.63) is 70.8 Å². The van der Waals surface area contributed by atoms with Gasteiger partial charge in [0.2, 0.25) is 0 Å². The standard InChI is InChI=1S/C20H28FNO3.C15H20FNO.C12H21NO3.ClH/c1-20(2,3)25-19(23)22-16-8-9-17(22)11-18(10-16)24-13-15-7-5-4-6-14(15)12-21;16-9-11-3-1-2-4-12(11)10-18-15-7-13-5-6-14(8-15)17-13;1-12(2,3)16-11(15)13-8-4-5-9(13)7-10(14)6-8;/h4-7,16-18H,8-13H2,1-3H3;1-4,13-15,17H,5-10H2;8-10,14H,4-7H2,1-3H3;1H. The highest BCUT2D eigenvalue weighted by Gasteiger charge is 2.46. The van der Waals surface area contributed by atoms with Gasteiger partial charge in [-0.3, -0.25) is 0 Å². The van der Waals surface area contributed by atoms with Crippen molar-refractivity contribution in [1.29, 1.82) is 0 Å². The van der Waals surface area contributed by atoms with Crippen molar-refractivity contribution in [3.8, 4) is 0 Å². The Morgan fingerprint density at radius 3 is 1.32 bits per heavy atom. The molecule has 13 heteroatoms. The number of aliphatic hydroxyl groups excluding tert-OH is 1. The fourth-order valence-corrected chi connectivity index (χ4v) is 9.85. The molecular weight excluding hydrogens is 792 g/mol. The average molecular weight is 863 g/mol. The molecule has 6 fully saturated rings. The van der Waals surface area contributed by atoms with Gasteiger partial charge in [-0.25, -0.2) is 18.4 Å². The molecule has 6 aliphatic rings. The van der Waals surface area contributed by atoms with Gasteiger partial charge in [0.05, 0.1) is 31.5 Å². The number of carbonyl (C=O) groups is 2. The summed E-state index contributed by atoms with van der Waals surface area (Å²) in [4.78, 5) is 28.2. The quantitative estimate of drug-likeness (QED) is 0.270. The van der Waals surface area contributed by atoms with Crippen molar-refractivity contribution in [2.45, 2.75) is 211 Å². The smallest absolute Gasteiger partial charge is 0.410 e. The van der Waals surface area contributed by atoms with E-state index in [0.717, 1.165) is 68.1 Å². The summed E-state index contributed by atoms with van der Waals surface area (Å²) in [5.41, 5.74) is 2.44. The second kappa shape index (κ2) is 21.4. The summed E-state index contributed by atoms with van der Waals surface area (Å²) in [6.45, 7) is 11.4. The highest BCUT2D eigenvalue weighted by Crippen LogP contribution is 2.39. The Kier molecular flexibility index (Phi) is 17.1. The summed E-state index contributed by atoms with van der Waals surface area (Å²) < 4.78 is 48.9. The Hall–Kier alpha value is -3.03. The highest BCUT2D eigenvalue weighted by atomic mass is 35.5. The maximum Gasteiger partial charge on any atom is 0.410 e. The third-order valence-electron chi connectivity index (χ3n) is 12.5. The van der Waals surface area contributed by atoms with Crippen molar-refractivity contribution in [2.24, 2.45) is 0 Å². The number of ether oxygens (including phenoxy) is 4. The van der Waals surface area contributed by atoms with Gasteiger partial charge < -0.3 is 39.2 Å². The summed E-state index contributed by atoms with van der Waals surface area (Å²) in [6, 6.07) is 17.1. The molecule has 2 N–H and O–H groups in total. The van der Waals surface area contributed by atoms with Gasteiger partial charge >= 0.3 is 12.2 Å². The number of amides is 2. The van der Waals surface area contributed by atoms with Crippen LogP contribution in [0.1, 0.15) is 141 Å². The fraction of sp³-hybridized carbons (Fsp3) is 0.702. The topological polar surface area (TPSA) is 110 Å². The van der Waals surface area contributed by atoms with E-state index < -0.39 is 24.6 Å². The molecular formula is C47H70ClF2N3O7. The Morgan fingerprint density at radius 1 is 0.600 bits per heavy atom. The van der Waals surface area contributed by atoms with Crippen molar-refractivity contribution in [2.75, 3.05) is 0 Å². The van der Waals surface area contributed by atoms with Crippen LogP contribution in [0, 0.1) is 0 Å². The van der Waals surface area contributed by atoms with Gasteiger partial charge in [0.25, 0.3) is 0 Å². The van der Waals surface area contributed by atoms with E-state index in [0.29, 0.717) is 49.8 Å². The predicted molar refractivity (Wildman–Crippen MR) is 230 cm³/mol. The van der Waals surface area contributed by atoms with E-state index in [2.05, 4.69) is 5.32 Å². The van der Waals surface area contributed by atoms with Crippen molar-refractivity contribution >= 4 is 24.6 Å². The van der Waals surface area contributed by atoms with Crippen LogP contribution in [0.15, 0.2) is 48.5 Å². The molecule has 60 heavy (non-hydrogen) atoms. The zero-order valence-electron chi connectivity index (χ0n) is 36.6. The third kappa shape index (κ3) is 13.2. The number of halogens is 3. The Morgan fingerprint density at radius 2 is 0.950 bits per heavy atom. The number of benzene rings is 2. The van der Waals surface area contributed by atoms with Gasteiger partial charge in [-0.1, -0.05) is 48.5 Å². The SMILES string of the molecule is CC(C)(C)OC(=O)N1C2CCC1CC(O)C2.CC(C)(C)OC(=O)N1C2CCC1CC(OCc1ccccc1CF)C2.Cl.FCc1ccccc1COC1CC2CCC(C1)N2. The molecule has 0 aliphatic carbocycles. The van der Waals surface area contributed by atoms with Crippen LogP contribution in [0.3, 0.4) is 0 Å². The minimum absolute atomic E-state index is 0. The molecule has 0 spiro atoms. The Bertz CT molecular complexity index is 1650. The van der Waals surface area contributed by atoms with Crippen molar-refractivity contribution in [1.82, 2.24) is 15.1 Å². The van der Waals surface area contributed by atoms with E-state index in [-0.39, 0.29) is 61.0 Å². The minimum atomic E-state index is -0.472. The van der Waals surface area contributed by atoms with E-state index in [1.807, 2.05) is 93.8 Å². The molecule has 8 rings (SSSR count). The van der Waals surface area contributed by atoms with Gasteiger partial charge in [-0.2, -0.15) is 0 Å². The maximum atomic E-state index is 13.0. The number of alkyl halides is 2. The summed E-state index contributed by atoms with van der Waals surface area (Å²) in [6.07, 6.45) is 11.6. The second-order valence-electron chi connectivity index (χ2n) is 19.4. The molecule has 336 valence electrons. The molecule has 6 atom stereocenters. The van der Waals surface area contributed by atoms with Crippen LogP contribution in [0.2, 0.25) is 0 Å². The number of piperidine rings is 3. The van der Waals surface area contributed by atoms with Crippen LogP contribution in [0.5, 0.6) is 0 Å². The van der Waals surface area contributed by atoms with Crippen LogP contribution >= 0.6 is 12.4 Å². The Balaban J connectivity index is 0.000000174. The largest absolute Gasteiger partial charge is 0.444 e. The molecule has 6 aliphatic heterocycles. The number of carbonyl (C=O) groups excluding carboxylic acids is 2. The maximum absolute atomic E-state index is 13.0. The van der Waals surface area contributed by atoms with Crippen LogP contribution in [0.4, 0.5) is 18.4 Å². The normalized spacial score (nSPS) is 29.1. The molecule has 10 nitrogen and oxygen atoms in total. The number of fused-ring (bicyclic) bond motifs is 6. The molecule has 0 radical (unpaired) electrons. The van der Waals surface area contributed by atoms with Gasteiger partial charge in [0.1, 0.15) is 24.6 Å². The second-order valence-corrected chi connectivity index (χ2v) is 19.4. The summed E-state index contributed by atoms with van der Waals surface area (Å²) in [5.74, 6) is 0. The van der Waals surface area contributed by atoms with E-state index in [9.17, 15) is 23.5 Å². The number of aliphatic hydroxyl groups is 1. The van der Waals surface area contributed by atoms with Crippen LogP contribution < -0.4 is 5.32 Å². The molecule has 2 aromatic carbocycles. The van der Waals surface area contributed by atoms with Crippen molar-refractivity contribution < 1.29 is 42.4 Å². The lowest BCUT2D eigenvalue weighted by Crippen LogP contribution is -2.50. The highest BCUT2D eigenvalue weighted by molar-refractivity contribution is 5.85. The molecule has 2 amide bonds. The zero-order chi connectivity index (χ0) is 42.3. The molecule has 0 saturated carbocycles. The first kappa shape index (κ1) is 48.0. The lowest BCUT2D eigenvalue weighted by molar-refractivity contribution is -0.0399. The molecule has 6 heterocycles. The number of rotatable bonds is 8. The summed E-state index contributed by atoms with van der Waals surface area (Å²) >= 11 is 0. The first-order chi connectivity index (χ1) is 28.1. The first-order valence-corrected chi connectivity index (χ1v) is 22.0. The molecule has 2 aromatic rings. The Labute approximate surface area is 362 Å². The van der Waals surface area contributed by atoms with E-state index in [1.165, 1.54) is 12.8 Å². The molecule has 0 aromatic heterocycles. The number of hydrogen-bond donors (Lipinski definition) is 2. The lowest BCUT2D eigenvalue weighted by Gasteiger charge is -2.39. The zero-order valence-corrected chi connectivity index (χ0v) is 37.4. The summed E-state index contributed by atoms with van der Waals surface area (Å²) in [5, 5.41) is 13.2. The summed E-state index contributed by atoms with van der Waals surface area (Å²) in [7, 11) is 0. The van der Waals surface area contributed by atoms with Gasteiger partial charge in [0, 0.05) is 36.3 Å². The van der Waals surface area contributed by atoms with E-state index in [1.54, 1.807) is 6.07 Å². The van der Waals surface area contributed by atoms with Gasteiger partial charge in [0.15, 0.2) is 0 Å². The van der Waals surface area contributed by atoms with Gasteiger partial charge in [-0.05, 0) is 141 Å². The minimum Gasteiger partial charge on any atom is -0.444 e. The van der Waals surface area contributed by atoms with E-state index >= 15 is 0 Å². The molecule has 6 saturated heterocycles. The first-order valence-electron chi connectivity index (χ1n) is 22.0. The van der Waals surface area contributed by atoms with Crippen LogP contribution in [0.25, 0.3) is 0 Å². The lowest BCUT2D eigenvalue weighted by atomic mass is 10.00. The predicted octanol–water partition coefficient (Wildman–Crippen LogP) is 9.89. The number of nitrogens with zero attached hydrogens (tertiary/aromatic N) is 2. The van der Waals surface area contributed by atoms with E-state index in [4.69, 9.17) is 18.9 Å². The third-order valence-corrected chi connectivity index (χ3v) is 12.5. The van der Waals surface area contributed by atoms with Crippen LogP contribution in [-0.4, -0.2) is 92.9 Å². The van der Waals surface area contributed by atoms with Gasteiger partial charge in [-0.15, -0.1) is 12.4 Å². The van der Waals surface area contributed by atoms with Crippen LogP contribution in [-0.2, 0) is 45.5 Å². The number of hydrogen-bond acceptors (Lipinski definition) is 8. The average Bonchev–Trinajstić information content (AvgIpc) is 3.78. The number of nitrogens with one attached hydrogen (secondary N) is 1. The molecule has 6 bridgehead atoms. The fourth-order valence-electron chi connectivity index (χ4n) is 9.85. The monoisotopic (exact) mass is 861 g/mol. The van der Waals surface area contributed by atoms with Crippen molar-refractivity contribution in [3.63, 3.8) is 0 Å².